The summed E-state index contributed by atoms with van der Waals surface area (Å²) in [6, 6.07) is 6.57. The maximum absolute atomic E-state index is 11.9. The zero-order chi connectivity index (χ0) is 15.0. The molecule has 0 bridgehead atoms. The summed E-state index contributed by atoms with van der Waals surface area (Å²) in [5.74, 6) is 1.25. The Morgan fingerprint density at radius 3 is 2.30 bits per heavy atom. The maximum Gasteiger partial charge on any atom is 0.240 e. The average molecular weight is 318 g/mol. The third kappa shape index (κ3) is 5.60. The second-order valence-corrected chi connectivity index (χ2v) is 7.91. The van der Waals surface area contributed by atoms with Crippen LogP contribution in [0.5, 0.6) is 0 Å². The lowest BCUT2D eigenvalue weighted by Crippen LogP contribution is -2.24. The van der Waals surface area contributed by atoms with Crippen LogP contribution in [0, 0.1) is 0 Å². The predicted octanol–water partition coefficient (Wildman–Crippen LogP) is 1.56. The van der Waals surface area contributed by atoms with Crippen molar-refractivity contribution in [1.29, 1.82) is 0 Å². The van der Waals surface area contributed by atoms with Crippen molar-refractivity contribution in [3.8, 4) is 0 Å². The standard InChI is InChI=1S/C13H22N2O3S2/c1-3-9-15-20(17,18)13-7-5-12(6-8-13)14-10-11-19(16)4-2/h5-8,14-15H,3-4,9-11H2,1-2H3. The maximum atomic E-state index is 11.9. The lowest BCUT2D eigenvalue weighted by Gasteiger charge is -2.08. The van der Waals surface area contributed by atoms with Crippen LogP contribution in [-0.2, 0) is 20.8 Å². The van der Waals surface area contributed by atoms with Crippen LogP contribution in [0.25, 0.3) is 0 Å². The van der Waals surface area contributed by atoms with Gasteiger partial charge in [0.25, 0.3) is 0 Å². The van der Waals surface area contributed by atoms with Gasteiger partial charge in [0.15, 0.2) is 0 Å². The van der Waals surface area contributed by atoms with Crippen LogP contribution in [0.2, 0.25) is 0 Å². The monoisotopic (exact) mass is 318 g/mol. The Kier molecular flexibility index (Phi) is 7.18. The molecule has 0 aliphatic rings. The highest BCUT2D eigenvalue weighted by Gasteiger charge is 2.12. The van der Waals surface area contributed by atoms with Crippen molar-refractivity contribution in [2.45, 2.75) is 25.2 Å². The first-order valence-corrected chi connectivity index (χ1v) is 9.65. The van der Waals surface area contributed by atoms with Crippen LogP contribution in [0.1, 0.15) is 20.3 Å². The zero-order valence-electron chi connectivity index (χ0n) is 11.9. The van der Waals surface area contributed by atoms with E-state index in [1.807, 2.05) is 13.8 Å². The van der Waals surface area contributed by atoms with Crippen LogP contribution >= 0.6 is 0 Å². The Labute approximate surface area is 123 Å². The van der Waals surface area contributed by atoms with E-state index in [0.29, 0.717) is 24.6 Å². The zero-order valence-corrected chi connectivity index (χ0v) is 13.5. The molecule has 7 heteroatoms. The lowest BCUT2D eigenvalue weighted by atomic mass is 10.3. The summed E-state index contributed by atoms with van der Waals surface area (Å²) in [6.07, 6.45) is 0.757. The number of hydrogen-bond donors (Lipinski definition) is 2. The van der Waals surface area contributed by atoms with Gasteiger partial charge in [-0.15, -0.1) is 0 Å². The van der Waals surface area contributed by atoms with Gasteiger partial charge < -0.3 is 5.32 Å². The van der Waals surface area contributed by atoms with Gasteiger partial charge in [0.2, 0.25) is 10.0 Å². The summed E-state index contributed by atoms with van der Waals surface area (Å²) < 4.78 is 37.5. The molecule has 1 rings (SSSR count). The molecule has 0 aromatic heterocycles. The van der Waals surface area contributed by atoms with E-state index < -0.39 is 20.8 Å². The van der Waals surface area contributed by atoms with Crippen molar-refractivity contribution >= 4 is 26.5 Å². The van der Waals surface area contributed by atoms with Crippen molar-refractivity contribution in [3.05, 3.63) is 24.3 Å². The molecule has 0 saturated carbocycles. The predicted molar refractivity (Wildman–Crippen MR) is 84.0 cm³/mol. The molecule has 0 saturated heterocycles. The minimum Gasteiger partial charge on any atom is -0.384 e. The van der Waals surface area contributed by atoms with Crippen LogP contribution < -0.4 is 10.0 Å². The van der Waals surface area contributed by atoms with Gasteiger partial charge in [-0.05, 0) is 30.7 Å². The van der Waals surface area contributed by atoms with E-state index in [2.05, 4.69) is 10.0 Å². The molecule has 0 heterocycles. The summed E-state index contributed by atoms with van der Waals surface area (Å²) in [5.41, 5.74) is 0.826. The molecule has 2 N–H and O–H groups in total. The van der Waals surface area contributed by atoms with Crippen LogP contribution in [0.3, 0.4) is 0 Å². The highest BCUT2D eigenvalue weighted by atomic mass is 32.2. The third-order valence-corrected chi connectivity index (χ3v) is 5.47. The first kappa shape index (κ1) is 17.1. The fraction of sp³-hybridized carbons (Fsp3) is 0.538. The fourth-order valence-electron chi connectivity index (χ4n) is 1.53. The number of benzene rings is 1. The lowest BCUT2D eigenvalue weighted by molar-refractivity contribution is 0.581. The number of hydrogen-bond acceptors (Lipinski definition) is 4. The number of nitrogens with one attached hydrogen (secondary N) is 2. The first-order valence-electron chi connectivity index (χ1n) is 6.68. The summed E-state index contributed by atoms with van der Waals surface area (Å²) in [7, 11) is -4.19. The Morgan fingerprint density at radius 1 is 1.10 bits per heavy atom. The minimum absolute atomic E-state index is 0.258. The minimum atomic E-state index is -3.40. The molecule has 1 unspecified atom stereocenters. The SMILES string of the molecule is CCCNS(=O)(=O)c1ccc(NCCS(=O)CC)cc1. The van der Waals surface area contributed by atoms with E-state index in [-0.39, 0.29) is 4.90 Å². The molecular formula is C13H22N2O3S2. The molecule has 114 valence electrons. The molecule has 5 nitrogen and oxygen atoms in total. The second-order valence-electron chi connectivity index (χ2n) is 4.28. The van der Waals surface area contributed by atoms with Crippen molar-refractivity contribution < 1.29 is 12.6 Å². The van der Waals surface area contributed by atoms with Crippen molar-refractivity contribution in [3.63, 3.8) is 0 Å². The molecule has 0 aliphatic carbocycles. The molecule has 0 fully saturated rings. The van der Waals surface area contributed by atoms with E-state index in [9.17, 15) is 12.6 Å². The Hall–Kier alpha value is -0.920. The van der Waals surface area contributed by atoms with Crippen LogP contribution in [-0.4, -0.2) is 37.2 Å². The molecule has 0 amide bonds. The van der Waals surface area contributed by atoms with E-state index in [0.717, 1.165) is 12.1 Å². The van der Waals surface area contributed by atoms with Gasteiger partial charge in [-0.25, -0.2) is 13.1 Å². The van der Waals surface area contributed by atoms with Gasteiger partial charge >= 0.3 is 0 Å². The topological polar surface area (TPSA) is 75.3 Å². The smallest absolute Gasteiger partial charge is 0.240 e. The summed E-state index contributed by atoms with van der Waals surface area (Å²) in [6.45, 7) is 4.85. The third-order valence-electron chi connectivity index (χ3n) is 2.69. The summed E-state index contributed by atoms with van der Waals surface area (Å²) >= 11 is 0. The first-order chi connectivity index (χ1) is 9.49. The fourth-order valence-corrected chi connectivity index (χ4v) is 3.28. The Balaban J connectivity index is 2.58. The Morgan fingerprint density at radius 2 is 1.75 bits per heavy atom. The van der Waals surface area contributed by atoms with Gasteiger partial charge in [-0.1, -0.05) is 13.8 Å². The molecular weight excluding hydrogens is 296 g/mol. The van der Waals surface area contributed by atoms with Crippen molar-refractivity contribution in [1.82, 2.24) is 4.72 Å². The molecule has 0 aliphatic heterocycles. The quantitative estimate of drug-likeness (QED) is 0.724. The molecule has 1 aromatic carbocycles. The molecule has 0 spiro atoms. The summed E-state index contributed by atoms with van der Waals surface area (Å²) in [4.78, 5) is 0.258. The van der Waals surface area contributed by atoms with E-state index in [1.54, 1.807) is 24.3 Å². The number of rotatable bonds is 9. The van der Waals surface area contributed by atoms with Gasteiger partial charge in [0, 0.05) is 41.1 Å². The highest BCUT2D eigenvalue weighted by Crippen LogP contribution is 2.13. The molecule has 20 heavy (non-hydrogen) atoms. The van der Waals surface area contributed by atoms with Crippen LogP contribution in [0.4, 0.5) is 5.69 Å². The molecule has 1 atom stereocenters. The van der Waals surface area contributed by atoms with E-state index in [4.69, 9.17) is 0 Å². The van der Waals surface area contributed by atoms with Gasteiger partial charge in [-0.3, -0.25) is 4.21 Å². The highest BCUT2D eigenvalue weighted by molar-refractivity contribution is 7.89. The number of anilines is 1. The van der Waals surface area contributed by atoms with Gasteiger partial charge in [0.1, 0.15) is 0 Å². The van der Waals surface area contributed by atoms with E-state index >= 15 is 0 Å². The summed E-state index contributed by atoms with van der Waals surface area (Å²) in [5, 5.41) is 3.12. The Bertz CT molecular complexity index is 527. The van der Waals surface area contributed by atoms with Crippen LogP contribution in [0.15, 0.2) is 29.2 Å². The van der Waals surface area contributed by atoms with Gasteiger partial charge in [0.05, 0.1) is 4.90 Å². The molecule has 0 radical (unpaired) electrons. The normalized spacial score (nSPS) is 13.1. The average Bonchev–Trinajstić information content (AvgIpc) is 2.45. The number of sulfonamides is 1. The van der Waals surface area contributed by atoms with Crippen molar-refractivity contribution in [2.24, 2.45) is 0 Å². The molecule has 1 aromatic rings. The van der Waals surface area contributed by atoms with Gasteiger partial charge in [-0.2, -0.15) is 0 Å². The second kappa shape index (κ2) is 8.39. The van der Waals surface area contributed by atoms with E-state index in [1.165, 1.54) is 0 Å². The largest absolute Gasteiger partial charge is 0.384 e. The van der Waals surface area contributed by atoms with Crippen molar-refractivity contribution in [2.75, 3.05) is 29.9 Å².